The van der Waals surface area contributed by atoms with Gasteiger partial charge in [0.15, 0.2) is 0 Å². The summed E-state index contributed by atoms with van der Waals surface area (Å²) in [5.41, 5.74) is -0.877. The van der Waals surface area contributed by atoms with Crippen LogP contribution in [0.4, 0.5) is 0 Å². The van der Waals surface area contributed by atoms with Crippen molar-refractivity contribution in [2.45, 2.75) is 77.3 Å². The van der Waals surface area contributed by atoms with E-state index in [-0.39, 0.29) is 7.43 Å². The van der Waals surface area contributed by atoms with E-state index >= 15 is 0 Å². The number of Topliss-reactive ketones (excluding diaryl/α,β-unsaturated/α-hetero) is 1. The van der Waals surface area contributed by atoms with Crippen LogP contribution < -0.4 is 0 Å². The molecule has 0 aromatic carbocycles. The molecule has 0 aromatic rings. The van der Waals surface area contributed by atoms with Gasteiger partial charge in [-0.15, -0.1) is 16.5 Å². The van der Waals surface area contributed by atoms with Crippen LogP contribution in [0.25, 0.3) is 4.85 Å². The van der Waals surface area contributed by atoms with Gasteiger partial charge in [0.1, 0.15) is 5.78 Å². The minimum absolute atomic E-state index is 0. The molecule has 0 aliphatic heterocycles. The summed E-state index contributed by atoms with van der Waals surface area (Å²) in [5.74, 6) is 0.464. The molecule has 0 atom stereocenters. The highest BCUT2D eigenvalue weighted by atomic mass is 35.5. The molecule has 4 nitrogen and oxygen atoms in total. The smallest absolute Gasteiger partial charge is 0.300 e. The van der Waals surface area contributed by atoms with Crippen LogP contribution in [0.5, 0.6) is 0 Å². The number of hydrogen-bond acceptors (Lipinski definition) is 3. The highest BCUT2D eigenvalue weighted by Crippen LogP contribution is 2.32. The molecule has 20 heavy (non-hydrogen) atoms. The number of rotatable bonds is 1. The van der Waals surface area contributed by atoms with Gasteiger partial charge in [-0.1, -0.05) is 20.3 Å². The zero-order chi connectivity index (χ0) is 14.6. The monoisotopic (exact) mass is 302 g/mol. The quantitative estimate of drug-likeness (QED) is 0.373. The zero-order valence-corrected chi connectivity index (χ0v) is 12.4. The molecule has 2 saturated carbocycles. The second kappa shape index (κ2) is 13.1. The summed E-state index contributed by atoms with van der Waals surface area (Å²) >= 11 is 4.64. The van der Waals surface area contributed by atoms with Crippen LogP contribution >= 0.6 is 11.6 Å². The van der Waals surface area contributed by atoms with E-state index in [9.17, 15) is 9.70 Å². The Labute approximate surface area is 128 Å². The molecule has 0 amide bonds. The lowest BCUT2D eigenvalue weighted by Crippen LogP contribution is -2.23. The summed E-state index contributed by atoms with van der Waals surface area (Å²) in [6.07, 6.45) is 11.2. The number of nitroso groups, excluding NO2 is 1. The first-order valence-electron chi connectivity index (χ1n) is 6.85. The van der Waals surface area contributed by atoms with Gasteiger partial charge in [-0.2, -0.15) is 0 Å². The lowest BCUT2D eigenvalue weighted by molar-refractivity contribution is -0.120. The molecule has 2 aliphatic rings. The molecule has 2 fully saturated rings. The topological polar surface area (TPSA) is 50.9 Å². The molecule has 0 bridgehead atoms. The Hall–Kier alpha value is -0.950. The molecule has 5 heteroatoms. The van der Waals surface area contributed by atoms with Crippen LogP contribution in [0.15, 0.2) is 5.18 Å². The summed E-state index contributed by atoms with van der Waals surface area (Å²) in [5, 5.41) is 2.89. The van der Waals surface area contributed by atoms with Gasteiger partial charge < -0.3 is 0 Å². The van der Waals surface area contributed by atoms with E-state index < -0.39 is 5.66 Å². The van der Waals surface area contributed by atoms with E-state index in [0.29, 0.717) is 18.6 Å². The predicted octanol–water partition coefficient (Wildman–Crippen LogP) is 5.34. The third-order valence-corrected chi connectivity index (χ3v) is 3.44. The summed E-state index contributed by atoms with van der Waals surface area (Å²) in [6, 6.07) is 0. The first kappa shape index (κ1) is 21.4. The van der Waals surface area contributed by atoms with Crippen LogP contribution in [0, 0.1) is 11.5 Å². The van der Waals surface area contributed by atoms with E-state index in [0.717, 1.165) is 44.9 Å². The van der Waals surface area contributed by atoms with Crippen LogP contribution in [0.1, 0.15) is 71.6 Å². The third kappa shape index (κ3) is 8.27. The van der Waals surface area contributed by atoms with Gasteiger partial charge >= 0.3 is 5.66 Å². The summed E-state index contributed by atoms with van der Waals surface area (Å²) in [7, 11) is 0. The Balaban J connectivity index is 0. The van der Waals surface area contributed by atoms with Gasteiger partial charge in [0.05, 0.1) is 12.8 Å². The second-order valence-corrected chi connectivity index (χ2v) is 4.85. The van der Waals surface area contributed by atoms with Crippen molar-refractivity contribution >= 4 is 17.4 Å². The molecule has 2 aliphatic carbocycles. The molecule has 0 radical (unpaired) electrons. The van der Waals surface area contributed by atoms with Crippen molar-refractivity contribution in [3.63, 3.8) is 0 Å². The summed E-state index contributed by atoms with van der Waals surface area (Å²) in [6.45, 7) is 6.78. The normalized spacial score (nSPS) is 19.8. The van der Waals surface area contributed by atoms with Gasteiger partial charge in [-0.05, 0) is 25.7 Å². The number of nitrogens with zero attached hydrogens (tertiary/aromatic N) is 2. The Kier molecular flexibility index (Phi) is 13.9. The van der Waals surface area contributed by atoms with Crippen LogP contribution in [-0.2, 0) is 4.79 Å². The highest BCUT2D eigenvalue weighted by molar-refractivity contribution is 6.15. The number of alkyl halides is 1. The predicted molar refractivity (Wildman–Crippen MR) is 84.8 cm³/mol. The van der Waals surface area contributed by atoms with E-state index in [1.807, 2.05) is 0 Å². The third-order valence-electron chi connectivity index (χ3n) is 3.44. The Bertz CT molecular complexity index is 299. The molecule has 0 aromatic heterocycles. The molecule has 2 rings (SSSR count). The number of carbonyl (C=O) groups is 1. The fraction of sp³-hybridized carbons (Fsp3) is 0.867. The lowest BCUT2D eigenvalue weighted by atomic mass is 9.90. The van der Waals surface area contributed by atoms with Crippen molar-refractivity contribution in [2.24, 2.45) is 5.18 Å². The molecule has 0 N–H and O–H groups in total. The average Bonchev–Trinajstić information content (AvgIpc) is 2.51. The maximum absolute atomic E-state index is 10.5. The van der Waals surface area contributed by atoms with Gasteiger partial charge in [-0.3, -0.25) is 9.64 Å². The van der Waals surface area contributed by atoms with Crippen molar-refractivity contribution in [1.29, 1.82) is 0 Å². The molecule has 0 unspecified atom stereocenters. The van der Waals surface area contributed by atoms with Crippen LogP contribution in [0.3, 0.4) is 0 Å². The molecule has 116 valence electrons. The van der Waals surface area contributed by atoms with Gasteiger partial charge in [0.25, 0.3) is 0 Å². The van der Waals surface area contributed by atoms with Gasteiger partial charge in [-0.25, -0.2) is 6.57 Å². The largest absolute Gasteiger partial charge is 0.359 e. The SMILES string of the molecule is C.CCl.O=C1CCCCC1.[C-]#[N+]C1(N=O)CCCCC1. The Morgan fingerprint density at radius 2 is 1.50 bits per heavy atom. The number of ketones is 1. The van der Waals surface area contributed by atoms with Gasteiger partial charge in [0, 0.05) is 24.4 Å². The second-order valence-electron chi connectivity index (χ2n) is 4.85. The number of hydrogen-bond donors (Lipinski definition) is 0. The standard InChI is InChI=1S/C7H10N2O.C6H10O.CH3Cl.CH4/c1-8-7(9-10)5-3-2-4-6-7;7-6-4-2-1-3-5-6;1-2;/h2-6H2;1-5H2;1H3;1H4. The molecular weight excluding hydrogens is 276 g/mol. The maximum Gasteiger partial charge on any atom is 0.359 e. The molecular formula is C15H27ClN2O2. The summed E-state index contributed by atoms with van der Waals surface area (Å²) in [4.78, 5) is 24.0. The zero-order valence-electron chi connectivity index (χ0n) is 11.7. The number of carbonyl (C=O) groups excluding carboxylic acids is 1. The molecule has 0 saturated heterocycles. The van der Waals surface area contributed by atoms with E-state index in [1.165, 1.54) is 12.8 Å². The van der Waals surface area contributed by atoms with E-state index in [2.05, 4.69) is 21.6 Å². The number of halogens is 1. The first-order valence-corrected chi connectivity index (χ1v) is 7.61. The molecule has 0 spiro atoms. The lowest BCUT2D eigenvalue weighted by Gasteiger charge is -2.17. The van der Waals surface area contributed by atoms with Crippen molar-refractivity contribution in [3.8, 4) is 0 Å². The summed E-state index contributed by atoms with van der Waals surface area (Å²) < 4.78 is 0. The first-order chi connectivity index (χ1) is 9.22. The molecule has 0 heterocycles. The van der Waals surface area contributed by atoms with Crippen molar-refractivity contribution in [3.05, 3.63) is 16.3 Å². The Morgan fingerprint density at radius 1 is 1.05 bits per heavy atom. The van der Waals surface area contributed by atoms with Crippen molar-refractivity contribution in [2.75, 3.05) is 6.38 Å². The minimum Gasteiger partial charge on any atom is -0.300 e. The van der Waals surface area contributed by atoms with E-state index in [4.69, 9.17) is 6.57 Å². The van der Waals surface area contributed by atoms with E-state index in [1.54, 1.807) is 0 Å². The maximum atomic E-state index is 10.5. The van der Waals surface area contributed by atoms with Crippen LogP contribution in [-0.4, -0.2) is 17.8 Å². The Morgan fingerprint density at radius 3 is 1.75 bits per heavy atom. The van der Waals surface area contributed by atoms with Gasteiger partial charge in [0.2, 0.25) is 0 Å². The fourth-order valence-corrected chi connectivity index (χ4v) is 2.29. The average molecular weight is 303 g/mol. The highest BCUT2D eigenvalue weighted by Gasteiger charge is 2.39. The minimum atomic E-state index is -0.877. The van der Waals surface area contributed by atoms with Crippen LogP contribution in [0.2, 0.25) is 0 Å². The van der Waals surface area contributed by atoms with Crippen molar-refractivity contribution < 1.29 is 4.79 Å². The fourth-order valence-electron chi connectivity index (χ4n) is 2.29. The van der Waals surface area contributed by atoms with Crippen molar-refractivity contribution in [1.82, 2.24) is 0 Å².